The molecule has 1 fully saturated rings. The van der Waals surface area contributed by atoms with Gasteiger partial charge < -0.3 is 15.0 Å². The molecule has 0 saturated carbocycles. The third-order valence-corrected chi connectivity index (χ3v) is 4.03. The number of carbonyl (C=O) groups excluding carboxylic acids is 1. The van der Waals surface area contributed by atoms with E-state index in [1.54, 1.807) is 6.07 Å². The van der Waals surface area contributed by atoms with Gasteiger partial charge in [-0.3, -0.25) is 4.79 Å². The van der Waals surface area contributed by atoms with Crippen LogP contribution in [0.5, 0.6) is 5.75 Å². The van der Waals surface area contributed by atoms with Gasteiger partial charge in [0, 0.05) is 18.1 Å². The molecule has 1 saturated heterocycles. The lowest BCUT2D eigenvalue weighted by molar-refractivity contribution is -0.118. The molecule has 23 heavy (non-hydrogen) atoms. The van der Waals surface area contributed by atoms with Crippen LogP contribution >= 0.6 is 11.6 Å². The quantitative estimate of drug-likeness (QED) is 0.902. The maximum Gasteiger partial charge on any atom is 0.262 e. The van der Waals surface area contributed by atoms with Gasteiger partial charge in [0.25, 0.3) is 5.91 Å². The Balaban J connectivity index is 1.66. The fourth-order valence-electron chi connectivity index (χ4n) is 2.69. The number of hydrogen-bond donors (Lipinski definition) is 1. The summed E-state index contributed by atoms with van der Waals surface area (Å²) >= 11 is 6.08. The van der Waals surface area contributed by atoms with Crippen molar-refractivity contribution in [2.24, 2.45) is 0 Å². The van der Waals surface area contributed by atoms with Crippen LogP contribution in [-0.2, 0) is 4.79 Å². The second kappa shape index (κ2) is 7.38. The molecule has 0 atom stereocenters. The van der Waals surface area contributed by atoms with E-state index in [2.05, 4.69) is 10.2 Å². The van der Waals surface area contributed by atoms with Crippen LogP contribution in [0.15, 0.2) is 48.5 Å². The van der Waals surface area contributed by atoms with Gasteiger partial charge in [-0.05, 0) is 43.2 Å². The van der Waals surface area contributed by atoms with Crippen molar-refractivity contribution in [3.63, 3.8) is 0 Å². The van der Waals surface area contributed by atoms with Gasteiger partial charge in [0.05, 0.1) is 11.4 Å². The molecule has 1 N–H and O–H groups in total. The molecule has 0 spiro atoms. The van der Waals surface area contributed by atoms with E-state index in [1.807, 2.05) is 42.5 Å². The Bertz CT molecular complexity index is 670. The molecule has 3 rings (SSSR count). The molecule has 1 heterocycles. The molecule has 0 unspecified atom stereocenters. The number of ether oxygens (including phenoxy) is 1. The summed E-state index contributed by atoms with van der Waals surface area (Å²) in [6, 6.07) is 14.9. The highest BCUT2D eigenvalue weighted by molar-refractivity contribution is 6.31. The van der Waals surface area contributed by atoms with Crippen LogP contribution in [0, 0.1) is 0 Å². The second-order valence-corrected chi connectivity index (χ2v) is 5.94. The van der Waals surface area contributed by atoms with Gasteiger partial charge in [-0.1, -0.05) is 29.8 Å². The van der Waals surface area contributed by atoms with Crippen LogP contribution in [0.2, 0.25) is 5.02 Å². The lowest BCUT2D eigenvalue weighted by atomic mass is 10.2. The maximum atomic E-state index is 12.2. The Kier molecular flexibility index (Phi) is 5.03. The third-order valence-electron chi connectivity index (χ3n) is 3.79. The Morgan fingerprint density at radius 1 is 1.13 bits per heavy atom. The van der Waals surface area contributed by atoms with E-state index in [9.17, 15) is 4.79 Å². The maximum absolute atomic E-state index is 12.2. The summed E-state index contributed by atoms with van der Waals surface area (Å²) in [6.45, 7) is 1.98. The topological polar surface area (TPSA) is 41.6 Å². The van der Waals surface area contributed by atoms with Crippen LogP contribution in [-0.4, -0.2) is 25.6 Å². The Hall–Kier alpha value is -2.20. The van der Waals surface area contributed by atoms with E-state index in [0.29, 0.717) is 10.8 Å². The normalized spacial score (nSPS) is 13.9. The molecular formula is C18H19ClN2O2. The standard InChI is InChI=1S/C18H19ClN2O2/c19-14-8-9-17(21-10-4-5-11-21)16(12-14)20-18(22)13-23-15-6-2-1-3-7-15/h1-3,6-9,12H,4-5,10-11,13H2,(H,20,22). The van der Waals surface area contributed by atoms with Gasteiger partial charge in [0.2, 0.25) is 0 Å². The number of hydrogen-bond acceptors (Lipinski definition) is 3. The SMILES string of the molecule is O=C(COc1ccccc1)Nc1cc(Cl)ccc1N1CCCC1. The van der Waals surface area contributed by atoms with Crippen molar-refractivity contribution in [1.29, 1.82) is 0 Å². The van der Waals surface area contributed by atoms with Gasteiger partial charge in [-0.15, -0.1) is 0 Å². The molecule has 0 aromatic heterocycles. The molecule has 1 aliphatic heterocycles. The summed E-state index contributed by atoms with van der Waals surface area (Å²) in [4.78, 5) is 14.4. The highest BCUT2D eigenvalue weighted by Gasteiger charge is 2.17. The number of anilines is 2. The zero-order valence-corrected chi connectivity index (χ0v) is 13.6. The number of benzene rings is 2. The Morgan fingerprint density at radius 3 is 2.61 bits per heavy atom. The van der Waals surface area contributed by atoms with E-state index in [-0.39, 0.29) is 12.5 Å². The molecular weight excluding hydrogens is 312 g/mol. The van der Waals surface area contributed by atoms with Crippen molar-refractivity contribution in [3.05, 3.63) is 53.6 Å². The molecule has 0 radical (unpaired) electrons. The van der Waals surface area contributed by atoms with Gasteiger partial charge >= 0.3 is 0 Å². The number of halogens is 1. The summed E-state index contributed by atoms with van der Waals surface area (Å²) in [6.07, 6.45) is 2.35. The predicted octanol–water partition coefficient (Wildman–Crippen LogP) is 3.96. The zero-order valence-electron chi connectivity index (χ0n) is 12.8. The molecule has 5 heteroatoms. The van der Waals surface area contributed by atoms with Crippen molar-refractivity contribution in [1.82, 2.24) is 0 Å². The number of rotatable bonds is 5. The summed E-state index contributed by atoms with van der Waals surface area (Å²) in [5, 5.41) is 3.51. The van der Waals surface area contributed by atoms with Crippen molar-refractivity contribution in [3.8, 4) is 5.75 Å². The van der Waals surface area contributed by atoms with Crippen LogP contribution in [0.25, 0.3) is 0 Å². The zero-order chi connectivity index (χ0) is 16.1. The fourth-order valence-corrected chi connectivity index (χ4v) is 2.87. The lowest BCUT2D eigenvalue weighted by Gasteiger charge is -2.22. The molecule has 120 valence electrons. The first-order valence-electron chi connectivity index (χ1n) is 7.74. The molecule has 1 aliphatic rings. The molecule has 0 aliphatic carbocycles. The number of nitrogens with zero attached hydrogens (tertiary/aromatic N) is 1. The van der Waals surface area contributed by atoms with Crippen LogP contribution in [0.4, 0.5) is 11.4 Å². The fraction of sp³-hybridized carbons (Fsp3) is 0.278. The first-order valence-corrected chi connectivity index (χ1v) is 8.12. The number of carbonyl (C=O) groups is 1. The summed E-state index contributed by atoms with van der Waals surface area (Å²) in [5.41, 5.74) is 1.75. The van der Waals surface area contributed by atoms with E-state index in [1.165, 1.54) is 12.8 Å². The lowest BCUT2D eigenvalue weighted by Crippen LogP contribution is -2.24. The minimum Gasteiger partial charge on any atom is -0.484 e. The minimum atomic E-state index is -0.198. The average Bonchev–Trinajstić information content (AvgIpc) is 3.08. The highest BCUT2D eigenvalue weighted by atomic mass is 35.5. The van der Waals surface area contributed by atoms with E-state index in [0.717, 1.165) is 24.5 Å². The van der Waals surface area contributed by atoms with Crippen molar-refractivity contribution in [2.45, 2.75) is 12.8 Å². The average molecular weight is 331 g/mol. The number of nitrogens with one attached hydrogen (secondary N) is 1. The van der Waals surface area contributed by atoms with E-state index in [4.69, 9.17) is 16.3 Å². The van der Waals surface area contributed by atoms with Crippen molar-refractivity contribution >= 4 is 28.9 Å². The Morgan fingerprint density at radius 2 is 1.87 bits per heavy atom. The van der Waals surface area contributed by atoms with Gasteiger partial charge in [0.1, 0.15) is 5.75 Å². The molecule has 1 amide bonds. The molecule has 4 nitrogen and oxygen atoms in total. The van der Waals surface area contributed by atoms with Gasteiger partial charge in [-0.25, -0.2) is 0 Å². The third kappa shape index (κ3) is 4.17. The summed E-state index contributed by atoms with van der Waals surface area (Å²) < 4.78 is 5.48. The monoisotopic (exact) mass is 330 g/mol. The predicted molar refractivity (Wildman–Crippen MR) is 93.5 cm³/mol. The van der Waals surface area contributed by atoms with E-state index >= 15 is 0 Å². The van der Waals surface area contributed by atoms with Crippen LogP contribution in [0.3, 0.4) is 0 Å². The first kappa shape index (κ1) is 15.7. The number of para-hydroxylation sites is 1. The highest BCUT2D eigenvalue weighted by Crippen LogP contribution is 2.31. The first-order chi connectivity index (χ1) is 11.2. The van der Waals surface area contributed by atoms with Crippen molar-refractivity contribution in [2.75, 3.05) is 29.9 Å². The minimum absolute atomic E-state index is 0.0318. The van der Waals surface area contributed by atoms with Crippen molar-refractivity contribution < 1.29 is 9.53 Å². The smallest absolute Gasteiger partial charge is 0.262 e. The Labute approximate surface area is 141 Å². The largest absolute Gasteiger partial charge is 0.484 e. The van der Waals surface area contributed by atoms with Gasteiger partial charge in [-0.2, -0.15) is 0 Å². The van der Waals surface area contributed by atoms with Gasteiger partial charge in [0.15, 0.2) is 6.61 Å². The summed E-state index contributed by atoms with van der Waals surface area (Å²) in [5.74, 6) is 0.477. The second-order valence-electron chi connectivity index (χ2n) is 5.51. The van der Waals surface area contributed by atoms with E-state index < -0.39 is 0 Å². The number of amides is 1. The van der Waals surface area contributed by atoms with Crippen LogP contribution in [0.1, 0.15) is 12.8 Å². The summed E-state index contributed by atoms with van der Waals surface area (Å²) in [7, 11) is 0. The molecule has 2 aromatic carbocycles. The molecule has 2 aromatic rings. The van der Waals surface area contributed by atoms with Crippen LogP contribution < -0.4 is 15.0 Å². The molecule has 0 bridgehead atoms.